The number of nitrogens with zero attached hydrogens (tertiary/aromatic N) is 3. The van der Waals surface area contributed by atoms with Crippen LogP contribution in [-0.4, -0.2) is 20.3 Å². The third kappa shape index (κ3) is 3.35. The highest BCUT2D eigenvalue weighted by Crippen LogP contribution is 2.30. The summed E-state index contributed by atoms with van der Waals surface area (Å²) in [6.07, 6.45) is 1.53. The highest BCUT2D eigenvalue weighted by Gasteiger charge is 2.16. The number of aromatic nitrogens is 3. The molecule has 4 aromatic rings. The molecule has 3 aromatic heterocycles. The van der Waals surface area contributed by atoms with Crippen LogP contribution in [0.5, 0.6) is 0 Å². The second-order valence-electron chi connectivity index (χ2n) is 5.88. The van der Waals surface area contributed by atoms with E-state index in [1.54, 1.807) is 13.0 Å². The second-order valence-corrected chi connectivity index (χ2v) is 7.27. The zero-order valence-corrected chi connectivity index (χ0v) is 15.9. The van der Waals surface area contributed by atoms with Gasteiger partial charge in [-0.2, -0.15) is 0 Å². The molecule has 0 amide bonds. The standard InChI is InChI=1S/C18H12ClFN4O3S/c1-8-15-11(9(7-25)6-21-8)5-12(17(26)27-15)16-23-24-18(28-16)22-10-2-3-14(20)13(19)4-10/h2-6,25H,7H2,1H3,(H,22,24). The Balaban J connectivity index is 1.73. The molecule has 28 heavy (non-hydrogen) atoms. The van der Waals surface area contributed by atoms with E-state index in [9.17, 15) is 14.3 Å². The lowest BCUT2D eigenvalue weighted by Crippen LogP contribution is -2.05. The molecule has 0 unspecified atom stereocenters. The molecule has 0 spiro atoms. The van der Waals surface area contributed by atoms with Crippen LogP contribution in [0.1, 0.15) is 11.3 Å². The minimum absolute atomic E-state index is 0.0228. The Morgan fingerprint density at radius 1 is 1.32 bits per heavy atom. The minimum atomic E-state index is -0.583. The molecule has 1 aromatic carbocycles. The number of nitrogens with one attached hydrogen (secondary N) is 1. The van der Waals surface area contributed by atoms with Gasteiger partial charge in [0.1, 0.15) is 5.82 Å². The Bertz CT molecular complexity index is 1260. The fourth-order valence-corrected chi connectivity index (χ4v) is 3.58. The van der Waals surface area contributed by atoms with Crippen molar-refractivity contribution in [3.8, 4) is 10.6 Å². The number of benzene rings is 1. The number of anilines is 2. The van der Waals surface area contributed by atoms with Gasteiger partial charge in [0.25, 0.3) is 0 Å². The number of aliphatic hydroxyl groups is 1. The first-order valence-electron chi connectivity index (χ1n) is 8.05. The van der Waals surface area contributed by atoms with Gasteiger partial charge < -0.3 is 14.8 Å². The van der Waals surface area contributed by atoms with Crippen molar-refractivity contribution in [1.29, 1.82) is 0 Å². The van der Waals surface area contributed by atoms with Gasteiger partial charge in [-0.1, -0.05) is 22.9 Å². The average Bonchev–Trinajstić information content (AvgIpc) is 3.13. The SMILES string of the molecule is Cc1ncc(CO)c2cc(-c3nnc(Nc4ccc(F)c(Cl)c4)s3)c(=O)oc12. The van der Waals surface area contributed by atoms with Crippen LogP contribution in [0.25, 0.3) is 21.5 Å². The lowest BCUT2D eigenvalue weighted by molar-refractivity contribution is 0.282. The zero-order chi connectivity index (χ0) is 19.8. The molecule has 0 fully saturated rings. The summed E-state index contributed by atoms with van der Waals surface area (Å²) < 4.78 is 18.7. The summed E-state index contributed by atoms with van der Waals surface area (Å²) in [7, 11) is 0. The molecular formula is C18H12ClFN4O3S. The van der Waals surface area contributed by atoms with Gasteiger partial charge in [-0.15, -0.1) is 10.2 Å². The molecule has 7 nitrogen and oxygen atoms in total. The number of fused-ring (bicyclic) bond motifs is 1. The van der Waals surface area contributed by atoms with E-state index in [2.05, 4.69) is 20.5 Å². The Hall–Kier alpha value is -2.88. The predicted octanol–water partition coefficient (Wildman–Crippen LogP) is 4.04. The number of halogens is 2. The van der Waals surface area contributed by atoms with Crippen LogP contribution in [-0.2, 0) is 6.61 Å². The highest BCUT2D eigenvalue weighted by molar-refractivity contribution is 7.18. The first-order chi connectivity index (χ1) is 13.5. The van der Waals surface area contributed by atoms with Gasteiger partial charge in [0, 0.05) is 22.8 Å². The van der Waals surface area contributed by atoms with Crippen LogP contribution in [0.3, 0.4) is 0 Å². The van der Waals surface area contributed by atoms with Crippen LogP contribution in [0, 0.1) is 12.7 Å². The Kier molecular flexibility index (Phi) is 4.80. The predicted molar refractivity (Wildman–Crippen MR) is 105 cm³/mol. The molecule has 3 heterocycles. The molecule has 0 aliphatic rings. The monoisotopic (exact) mass is 418 g/mol. The van der Waals surface area contributed by atoms with Gasteiger partial charge in [-0.05, 0) is 31.2 Å². The molecule has 142 valence electrons. The highest BCUT2D eigenvalue weighted by atomic mass is 35.5. The molecule has 4 rings (SSSR count). The van der Waals surface area contributed by atoms with E-state index in [1.165, 1.54) is 24.4 Å². The number of aliphatic hydroxyl groups excluding tert-OH is 1. The molecule has 0 aliphatic heterocycles. The first-order valence-corrected chi connectivity index (χ1v) is 9.25. The Morgan fingerprint density at radius 2 is 2.14 bits per heavy atom. The number of pyridine rings is 1. The van der Waals surface area contributed by atoms with Crippen molar-refractivity contribution in [2.24, 2.45) is 0 Å². The third-order valence-corrected chi connectivity index (χ3v) is 5.19. The van der Waals surface area contributed by atoms with Gasteiger partial charge in [0.15, 0.2) is 10.6 Å². The summed E-state index contributed by atoms with van der Waals surface area (Å²) in [5.74, 6) is -0.525. The summed E-state index contributed by atoms with van der Waals surface area (Å²) in [5, 5.41) is 21.8. The quantitative estimate of drug-likeness (QED) is 0.515. The second kappa shape index (κ2) is 7.27. The van der Waals surface area contributed by atoms with Crippen molar-refractivity contribution in [1.82, 2.24) is 15.2 Å². The maximum Gasteiger partial charge on any atom is 0.346 e. The number of aryl methyl sites for hydroxylation is 1. The molecule has 0 radical (unpaired) electrons. The number of rotatable bonds is 4. The maximum absolute atomic E-state index is 13.3. The molecule has 0 bridgehead atoms. The molecule has 0 saturated carbocycles. The lowest BCUT2D eigenvalue weighted by atomic mass is 10.1. The van der Waals surface area contributed by atoms with Crippen LogP contribution in [0.15, 0.2) is 39.7 Å². The van der Waals surface area contributed by atoms with Crippen LogP contribution < -0.4 is 10.9 Å². The maximum atomic E-state index is 13.3. The Morgan fingerprint density at radius 3 is 2.89 bits per heavy atom. The molecule has 2 N–H and O–H groups in total. The Labute approximate surface area is 166 Å². The van der Waals surface area contributed by atoms with Crippen LogP contribution in [0.2, 0.25) is 5.02 Å². The van der Waals surface area contributed by atoms with Crippen molar-refractivity contribution in [2.45, 2.75) is 13.5 Å². The van der Waals surface area contributed by atoms with Gasteiger partial charge in [-0.3, -0.25) is 4.98 Å². The smallest absolute Gasteiger partial charge is 0.346 e. The lowest BCUT2D eigenvalue weighted by Gasteiger charge is -2.05. The van der Waals surface area contributed by atoms with E-state index in [1.807, 2.05) is 0 Å². The van der Waals surface area contributed by atoms with E-state index in [4.69, 9.17) is 16.0 Å². The van der Waals surface area contributed by atoms with Gasteiger partial charge >= 0.3 is 5.63 Å². The van der Waals surface area contributed by atoms with E-state index >= 15 is 0 Å². The summed E-state index contributed by atoms with van der Waals surface area (Å²) in [5.41, 5.74) is 1.57. The summed E-state index contributed by atoms with van der Waals surface area (Å²) in [6.45, 7) is 1.47. The largest absolute Gasteiger partial charge is 0.420 e. The van der Waals surface area contributed by atoms with Crippen molar-refractivity contribution in [2.75, 3.05) is 5.32 Å². The normalized spacial score (nSPS) is 11.1. The summed E-state index contributed by atoms with van der Waals surface area (Å²) >= 11 is 6.89. The van der Waals surface area contributed by atoms with Gasteiger partial charge in [0.2, 0.25) is 5.13 Å². The average molecular weight is 419 g/mol. The van der Waals surface area contributed by atoms with Crippen LogP contribution in [0.4, 0.5) is 15.2 Å². The van der Waals surface area contributed by atoms with Crippen molar-refractivity contribution < 1.29 is 13.9 Å². The topological polar surface area (TPSA) is 101 Å². The van der Waals surface area contributed by atoms with Crippen molar-refractivity contribution in [3.05, 3.63) is 63.0 Å². The van der Waals surface area contributed by atoms with Gasteiger partial charge in [-0.25, -0.2) is 9.18 Å². The molecular weight excluding hydrogens is 407 g/mol. The fourth-order valence-electron chi connectivity index (χ4n) is 2.64. The van der Waals surface area contributed by atoms with Crippen LogP contribution >= 0.6 is 22.9 Å². The minimum Gasteiger partial charge on any atom is -0.420 e. The number of hydrogen-bond donors (Lipinski definition) is 2. The summed E-state index contributed by atoms with van der Waals surface area (Å²) in [4.78, 5) is 16.6. The first kappa shape index (κ1) is 18.5. The van der Waals surface area contributed by atoms with E-state index in [0.717, 1.165) is 11.3 Å². The van der Waals surface area contributed by atoms with Gasteiger partial charge in [0.05, 0.1) is 22.9 Å². The fraction of sp³-hybridized carbons (Fsp3) is 0.111. The zero-order valence-electron chi connectivity index (χ0n) is 14.4. The summed E-state index contributed by atoms with van der Waals surface area (Å²) in [6, 6.07) is 5.78. The van der Waals surface area contributed by atoms with Crippen molar-refractivity contribution in [3.63, 3.8) is 0 Å². The molecule has 10 heteroatoms. The van der Waals surface area contributed by atoms with E-state index < -0.39 is 11.4 Å². The number of hydrogen-bond acceptors (Lipinski definition) is 8. The van der Waals surface area contributed by atoms with E-state index in [0.29, 0.717) is 38.1 Å². The van der Waals surface area contributed by atoms with Crippen molar-refractivity contribution >= 4 is 44.7 Å². The van der Waals surface area contributed by atoms with E-state index in [-0.39, 0.29) is 17.2 Å². The molecule has 0 saturated heterocycles. The molecule has 0 atom stereocenters. The molecule has 0 aliphatic carbocycles. The third-order valence-electron chi connectivity index (χ3n) is 4.03.